The number of rotatable bonds is 9. The fourth-order valence-corrected chi connectivity index (χ4v) is 2.78. The quantitative estimate of drug-likeness (QED) is 0.331. The molecule has 0 bridgehead atoms. The maximum atomic E-state index is 10.2. The molecule has 0 amide bonds. The smallest absolute Gasteiger partial charge is 0.325 e. The molecular weight excluding hydrogens is 311 g/mol. The Bertz CT molecular complexity index is 433. The molecule has 0 aromatic carbocycles. The minimum Gasteiger partial charge on any atom is -0.481 e. The molecule has 0 aliphatic heterocycles. The summed E-state index contributed by atoms with van der Waals surface area (Å²) in [5.41, 5.74) is 0. The SMILES string of the molecule is C=CC[CH]([Na])CCCC.O=C(O)CC(C(=O)O)S(=O)(=O)O. The number of hydrogen-bond donors (Lipinski definition) is 3. The normalized spacial score (nSPS) is 13.5. The Labute approximate surface area is 142 Å². The number of carboxylic acids is 2. The topological polar surface area (TPSA) is 129 Å². The third-order valence-corrected chi connectivity index (χ3v) is 4.75. The summed E-state index contributed by atoms with van der Waals surface area (Å²) < 4.78 is 29.7. The number of unbranched alkanes of at least 4 members (excludes halogenated alkanes) is 1. The molecule has 0 saturated heterocycles. The van der Waals surface area contributed by atoms with Gasteiger partial charge in [-0.05, 0) is 0 Å². The molecule has 9 heteroatoms. The Morgan fingerprint density at radius 2 is 1.86 bits per heavy atom. The van der Waals surface area contributed by atoms with Crippen LogP contribution in [0.2, 0.25) is 3.17 Å². The molecule has 118 valence electrons. The van der Waals surface area contributed by atoms with E-state index >= 15 is 0 Å². The zero-order valence-corrected chi connectivity index (χ0v) is 15.2. The zero-order chi connectivity index (χ0) is 17.1. The van der Waals surface area contributed by atoms with Crippen molar-refractivity contribution in [3.05, 3.63) is 12.7 Å². The van der Waals surface area contributed by atoms with Gasteiger partial charge in [-0.25, -0.2) is 0 Å². The van der Waals surface area contributed by atoms with Crippen molar-refractivity contribution in [1.29, 1.82) is 0 Å². The summed E-state index contributed by atoms with van der Waals surface area (Å²) in [5.74, 6) is -3.50. The zero-order valence-electron chi connectivity index (χ0n) is 12.4. The van der Waals surface area contributed by atoms with Crippen LogP contribution in [0.5, 0.6) is 0 Å². The Hall–Kier alpha value is -0.410. The second kappa shape index (κ2) is 12.2. The van der Waals surface area contributed by atoms with Crippen LogP contribution in [-0.4, -0.2) is 68.3 Å². The van der Waals surface area contributed by atoms with Gasteiger partial charge < -0.3 is 10.2 Å². The van der Waals surface area contributed by atoms with Crippen LogP contribution in [0.3, 0.4) is 0 Å². The van der Waals surface area contributed by atoms with E-state index in [1.165, 1.54) is 53.6 Å². The summed E-state index contributed by atoms with van der Waals surface area (Å²) >= 11 is 1.34. The first kappa shape index (κ1) is 22.9. The molecule has 21 heavy (non-hydrogen) atoms. The third kappa shape index (κ3) is 14.3. The van der Waals surface area contributed by atoms with Gasteiger partial charge in [-0.1, -0.05) is 0 Å². The van der Waals surface area contributed by atoms with Crippen molar-refractivity contribution in [2.24, 2.45) is 0 Å². The summed E-state index contributed by atoms with van der Waals surface area (Å²) in [6, 6.07) is 0. The molecule has 0 heterocycles. The Balaban J connectivity index is 0. The predicted molar refractivity (Wildman–Crippen MR) is 79.1 cm³/mol. The second-order valence-electron chi connectivity index (χ2n) is 4.71. The summed E-state index contributed by atoms with van der Waals surface area (Å²) in [6.07, 6.45) is 6.31. The molecular formula is C12H21NaO7S. The number of carboxylic acid groups (broad SMARTS) is 2. The van der Waals surface area contributed by atoms with Crippen molar-refractivity contribution < 1.29 is 32.8 Å². The number of aliphatic carboxylic acids is 2. The van der Waals surface area contributed by atoms with Crippen molar-refractivity contribution in [1.82, 2.24) is 0 Å². The summed E-state index contributed by atoms with van der Waals surface area (Å²) in [6.45, 7) is 5.98. The standard InChI is InChI=1S/C8H15.C4H6O7S.Na/c1-3-5-7-8-6-4-2;5-3(6)1-2(4(7)8)12(9,10)11;/h3,7H,1,4-6,8H2,2H3;2H,1H2,(H,5,6)(H,7,8)(H,9,10,11);. The van der Waals surface area contributed by atoms with E-state index in [4.69, 9.17) is 14.8 Å². The molecule has 0 radical (unpaired) electrons. The minimum atomic E-state index is -4.84. The van der Waals surface area contributed by atoms with E-state index in [0.29, 0.717) is 0 Å². The average Bonchev–Trinajstić information content (AvgIpc) is 2.33. The summed E-state index contributed by atoms with van der Waals surface area (Å²) in [5, 5.41) is 13.9. The molecule has 7 nitrogen and oxygen atoms in total. The van der Waals surface area contributed by atoms with Gasteiger partial charge in [-0.15, -0.1) is 0 Å². The monoisotopic (exact) mass is 332 g/mol. The van der Waals surface area contributed by atoms with Gasteiger partial charge in [-0.3, -0.25) is 14.1 Å². The van der Waals surface area contributed by atoms with Gasteiger partial charge in [0.2, 0.25) is 0 Å². The molecule has 0 aliphatic rings. The van der Waals surface area contributed by atoms with Crippen molar-refractivity contribution >= 4 is 50.0 Å². The van der Waals surface area contributed by atoms with Crippen molar-refractivity contribution in [3.63, 3.8) is 0 Å². The molecule has 2 unspecified atom stereocenters. The van der Waals surface area contributed by atoms with Gasteiger partial charge in [0.25, 0.3) is 10.1 Å². The molecule has 0 saturated carbocycles. The van der Waals surface area contributed by atoms with Crippen molar-refractivity contribution in [3.8, 4) is 0 Å². The first-order valence-electron chi connectivity index (χ1n) is 6.57. The molecule has 2 atom stereocenters. The van der Waals surface area contributed by atoms with Gasteiger partial charge in [-0.2, -0.15) is 8.42 Å². The Morgan fingerprint density at radius 3 is 2.10 bits per heavy atom. The number of hydrogen-bond acceptors (Lipinski definition) is 4. The van der Waals surface area contributed by atoms with Crippen LogP contribution in [0.25, 0.3) is 0 Å². The number of carbonyl (C=O) groups is 2. The molecule has 3 N–H and O–H groups in total. The largest absolute Gasteiger partial charge is 0.481 e. The maximum absolute atomic E-state index is 10.2. The van der Waals surface area contributed by atoms with Crippen molar-refractivity contribution in [2.75, 3.05) is 0 Å². The Morgan fingerprint density at radius 1 is 1.33 bits per heavy atom. The summed E-state index contributed by atoms with van der Waals surface area (Å²) in [7, 11) is -4.84. The summed E-state index contributed by atoms with van der Waals surface area (Å²) in [4.78, 5) is 20.0. The Kier molecular flexibility index (Phi) is 13.2. The van der Waals surface area contributed by atoms with E-state index in [1.54, 1.807) is 0 Å². The van der Waals surface area contributed by atoms with Gasteiger partial charge in [0.15, 0.2) is 5.25 Å². The van der Waals surface area contributed by atoms with Crippen LogP contribution in [0, 0.1) is 0 Å². The first-order valence-corrected chi connectivity index (χ1v) is 9.23. The average molecular weight is 332 g/mol. The van der Waals surface area contributed by atoms with E-state index in [2.05, 4.69) is 13.5 Å². The van der Waals surface area contributed by atoms with Gasteiger partial charge >= 0.3 is 88.3 Å². The van der Waals surface area contributed by atoms with Gasteiger partial charge in [0, 0.05) is 0 Å². The van der Waals surface area contributed by atoms with E-state index < -0.39 is 33.7 Å². The van der Waals surface area contributed by atoms with E-state index in [0.717, 1.165) is 3.17 Å². The molecule has 0 aliphatic carbocycles. The third-order valence-electron chi connectivity index (χ3n) is 2.61. The van der Waals surface area contributed by atoms with E-state index in [1.807, 2.05) is 6.08 Å². The molecule has 0 aromatic rings. The fourth-order valence-electron chi connectivity index (χ4n) is 1.43. The molecule has 0 aromatic heterocycles. The fraction of sp³-hybridized carbons (Fsp3) is 0.667. The van der Waals surface area contributed by atoms with E-state index in [-0.39, 0.29) is 0 Å². The maximum Gasteiger partial charge on any atom is 0.325 e. The van der Waals surface area contributed by atoms with Crippen LogP contribution in [-0.2, 0) is 19.7 Å². The van der Waals surface area contributed by atoms with Crippen molar-refractivity contribution in [2.45, 2.75) is 47.4 Å². The number of allylic oxidation sites excluding steroid dienone is 1. The van der Waals surface area contributed by atoms with Gasteiger partial charge in [0.05, 0.1) is 6.42 Å². The van der Waals surface area contributed by atoms with Crippen LogP contribution < -0.4 is 0 Å². The predicted octanol–water partition coefficient (Wildman–Crippen LogP) is 1.51. The van der Waals surface area contributed by atoms with Crippen LogP contribution in [0.4, 0.5) is 0 Å². The van der Waals surface area contributed by atoms with Crippen LogP contribution in [0.1, 0.15) is 39.0 Å². The van der Waals surface area contributed by atoms with E-state index in [9.17, 15) is 18.0 Å². The molecule has 0 fully saturated rings. The second-order valence-corrected chi connectivity index (χ2v) is 7.94. The molecule has 0 spiro atoms. The minimum absolute atomic E-state index is 0.988. The first-order chi connectivity index (χ1) is 9.56. The molecule has 0 rings (SSSR count). The van der Waals surface area contributed by atoms with Crippen LogP contribution >= 0.6 is 0 Å². The van der Waals surface area contributed by atoms with Gasteiger partial charge in [0.1, 0.15) is 0 Å². The van der Waals surface area contributed by atoms with Crippen LogP contribution in [0.15, 0.2) is 12.7 Å².